The lowest BCUT2D eigenvalue weighted by Crippen LogP contribution is -2.51. The Morgan fingerprint density at radius 3 is 2.21 bits per heavy atom. The van der Waals surface area contributed by atoms with Crippen molar-refractivity contribution in [3.8, 4) is 0 Å². The molecule has 108 valence electrons. The van der Waals surface area contributed by atoms with Gasteiger partial charge in [-0.25, -0.2) is 0 Å². The normalized spacial score (nSPS) is 39.5. The lowest BCUT2D eigenvalue weighted by molar-refractivity contribution is -0.123. The summed E-state index contributed by atoms with van der Waals surface area (Å²) in [6.07, 6.45) is 9.21. The summed E-state index contributed by atoms with van der Waals surface area (Å²) >= 11 is 0. The van der Waals surface area contributed by atoms with E-state index in [-0.39, 0.29) is 5.91 Å². The van der Waals surface area contributed by atoms with Gasteiger partial charge in [-0.3, -0.25) is 4.79 Å². The average Bonchev–Trinajstić information content (AvgIpc) is 2.35. The molecular weight excluding hydrogens is 236 g/mol. The lowest BCUT2D eigenvalue weighted by Gasteiger charge is -2.56. The Labute approximate surface area is 116 Å². The smallest absolute Gasteiger partial charge is 0.221 e. The molecule has 0 heterocycles. The van der Waals surface area contributed by atoms with Crippen molar-refractivity contribution in [3.05, 3.63) is 0 Å². The molecule has 3 heteroatoms. The molecule has 0 aromatic rings. The van der Waals surface area contributed by atoms with Crippen molar-refractivity contribution in [2.45, 2.75) is 51.9 Å². The second-order valence-corrected chi connectivity index (χ2v) is 7.30. The summed E-state index contributed by atoms with van der Waals surface area (Å²) in [6, 6.07) is 0. The lowest BCUT2D eigenvalue weighted by atomic mass is 9.49. The fourth-order valence-corrected chi connectivity index (χ4v) is 5.26. The second-order valence-electron chi connectivity index (χ2n) is 7.30. The van der Waals surface area contributed by atoms with Gasteiger partial charge in [0.1, 0.15) is 0 Å². The van der Waals surface area contributed by atoms with Gasteiger partial charge in [-0.1, -0.05) is 6.92 Å². The standard InChI is InChI=1S/C16H28N2O/c1-2-17-4-3-15(19)18-11-16-8-12-5-13(9-16)7-14(6-12)10-16/h12-14,17H,2-11H2,1H3,(H,18,19). The molecule has 4 rings (SSSR count). The molecule has 3 nitrogen and oxygen atoms in total. The van der Waals surface area contributed by atoms with Crippen LogP contribution in [0.4, 0.5) is 0 Å². The summed E-state index contributed by atoms with van der Waals surface area (Å²) in [6.45, 7) is 4.78. The van der Waals surface area contributed by atoms with Crippen LogP contribution in [0.3, 0.4) is 0 Å². The molecule has 0 aromatic heterocycles. The third-order valence-electron chi connectivity index (χ3n) is 5.60. The van der Waals surface area contributed by atoms with Gasteiger partial charge in [-0.15, -0.1) is 0 Å². The van der Waals surface area contributed by atoms with Crippen LogP contribution in [0.15, 0.2) is 0 Å². The van der Waals surface area contributed by atoms with Crippen LogP contribution in [0.2, 0.25) is 0 Å². The Balaban J connectivity index is 1.48. The minimum Gasteiger partial charge on any atom is -0.356 e. The number of rotatable bonds is 6. The zero-order valence-corrected chi connectivity index (χ0v) is 12.2. The maximum absolute atomic E-state index is 11.9. The van der Waals surface area contributed by atoms with Gasteiger partial charge in [0, 0.05) is 19.5 Å². The number of hydrogen-bond acceptors (Lipinski definition) is 2. The van der Waals surface area contributed by atoms with Crippen LogP contribution in [0.25, 0.3) is 0 Å². The van der Waals surface area contributed by atoms with Crippen molar-refractivity contribution in [2.75, 3.05) is 19.6 Å². The van der Waals surface area contributed by atoms with Crippen LogP contribution in [0.1, 0.15) is 51.9 Å². The Bertz CT molecular complexity index is 304. The quantitative estimate of drug-likeness (QED) is 0.723. The van der Waals surface area contributed by atoms with Gasteiger partial charge < -0.3 is 10.6 Å². The van der Waals surface area contributed by atoms with Crippen LogP contribution in [-0.2, 0) is 4.79 Å². The van der Waals surface area contributed by atoms with E-state index >= 15 is 0 Å². The molecule has 0 aromatic carbocycles. The van der Waals surface area contributed by atoms with Crippen molar-refractivity contribution in [1.82, 2.24) is 10.6 Å². The average molecular weight is 264 g/mol. The van der Waals surface area contributed by atoms with E-state index in [1.54, 1.807) is 0 Å². The SMILES string of the molecule is CCNCCC(=O)NCC12CC3CC(CC(C3)C1)C2. The predicted octanol–water partition coefficient (Wildman–Crippen LogP) is 2.32. The zero-order valence-electron chi connectivity index (χ0n) is 12.2. The van der Waals surface area contributed by atoms with Gasteiger partial charge in [-0.2, -0.15) is 0 Å². The summed E-state index contributed by atoms with van der Waals surface area (Å²) in [4.78, 5) is 11.9. The Kier molecular flexibility index (Phi) is 3.84. The van der Waals surface area contributed by atoms with Crippen molar-refractivity contribution in [2.24, 2.45) is 23.2 Å². The molecule has 0 saturated heterocycles. The second kappa shape index (κ2) is 5.43. The number of hydrogen-bond donors (Lipinski definition) is 2. The highest BCUT2D eigenvalue weighted by Crippen LogP contribution is 2.59. The van der Waals surface area contributed by atoms with E-state index in [1.165, 1.54) is 38.5 Å². The summed E-state index contributed by atoms with van der Waals surface area (Å²) in [5.41, 5.74) is 0.475. The van der Waals surface area contributed by atoms with Crippen LogP contribution in [0.5, 0.6) is 0 Å². The van der Waals surface area contributed by atoms with Gasteiger partial charge in [0.25, 0.3) is 0 Å². The van der Waals surface area contributed by atoms with E-state index in [0.29, 0.717) is 11.8 Å². The molecule has 4 aliphatic carbocycles. The van der Waals surface area contributed by atoms with Crippen LogP contribution in [-0.4, -0.2) is 25.5 Å². The molecular formula is C16H28N2O. The molecule has 4 saturated carbocycles. The van der Waals surface area contributed by atoms with E-state index in [1.807, 2.05) is 0 Å². The first-order chi connectivity index (χ1) is 9.19. The molecule has 0 unspecified atom stereocenters. The van der Waals surface area contributed by atoms with Crippen molar-refractivity contribution in [3.63, 3.8) is 0 Å². The maximum atomic E-state index is 11.9. The molecule has 19 heavy (non-hydrogen) atoms. The fourth-order valence-electron chi connectivity index (χ4n) is 5.26. The molecule has 4 fully saturated rings. The van der Waals surface area contributed by atoms with Gasteiger partial charge in [0.15, 0.2) is 0 Å². The van der Waals surface area contributed by atoms with E-state index < -0.39 is 0 Å². The van der Waals surface area contributed by atoms with Gasteiger partial charge in [0.05, 0.1) is 0 Å². The fraction of sp³-hybridized carbons (Fsp3) is 0.938. The van der Waals surface area contributed by atoms with Gasteiger partial charge in [0.2, 0.25) is 5.91 Å². The predicted molar refractivity (Wildman–Crippen MR) is 76.8 cm³/mol. The number of carbonyl (C=O) groups is 1. The Morgan fingerprint density at radius 1 is 1.11 bits per heavy atom. The van der Waals surface area contributed by atoms with Gasteiger partial charge >= 0.3 is 0 Å². The summed E-state index contributed by atoms with van der Waals surface area (Å²) < 4.78 is 0. The molecule has 0 radical (unpaired) electrons. The number of nitrogens with one attached hydrogen (secondary N) is 2. The number of carbonyl (C=O) groups excluding carboxylic acids is 1. The first kappa shape index (κ1) is 13.4. The minimum atomic E-state index is 0.233. The molecule has 4 bridgehead atoms. The summed E-state index contributed by atoms with van der Waals surface area (Å²) in [7, 11) is 0. The topological polar surface area (TPSA) is 41.1 Å². The highest BCUT2D eigenvalue weighted by atomic mass is 16.1. The van der Waals surface area contributed by atoms with E-state index in [4.69, 9.17) is 0 Å². The minimum absolute atomic E-state index is 0.233. The third kappa shape index (κ3) is 2.96. The van der Waals surface area contributed by atoms with E-state index in [9.17, 15) is 4.79 Å². The van der Waals surface area contributed by atoms with Crippen LogP contribution < -0.4 is 10.6 Å². The van der Waals surface area contributed by atoms with E-state index in [2.05, 4.69) is 17.6 Å². The molecule has 4 aliphatic rings. The molecule has 0 spiro atoms. The highest BCUT2D eigenvalue weighted by molar-refractivity contribution is 5.76. The molecule has 1 amide bonds. The molecule has 2 N–H and O–H groups in total. The Morgan fingerprint density at radius 2 is 1.68 bits per heavy atom. The molecule has 0 atom stereocenters. The van der Waals surface area contributed by atoms with Crippen molar-refractivity contribution in [1.29, 1.82) is 0 Å². The van der Waals surface area contributed by atoms with Crippen molar-refractivity contribution < 1.29 is 4.79 Å². The largest absolute Gasteiger partial charge is 0.356 e. The third-order valence-corrected chi connectivity index (χ3v) is 5.60. The van der Waals surface area contributed by atoms with Crippen molar-refractivity contribution >= 4 is 5.91 Å². The first-order valence-corrected chi connectivity index (χ1v) is 8.16. The number of amides is 1. The summed E-state index contributed by atoms with van der Waals surface area (Å²) in [5, 5.41) is 6.43. The Hall–Kier alpha value is -0.570. The summed E-state index contributed by atoms with van der Waals surface area (Å²) in [5.74, 6) is 3.16. The highest BCUT2D eigenvalue weighted by Gasteiger charge is 2.50. The first-order valence-electron chi connectivity index (χ1n) is 8.16. The van der Waals surface area contributed by atoms with E-state index in [0.717, 1.165) is 37.4 Å². The van der Waals surface area contributed by atoms with Crippen LogP contribution >= 0.6 is 0 Å². The van der Waals surface area contributed by atoms with Gasteiger partial charge in [-0.05, 0) is 68.2 Å². The zero-order chi connectivity index (χ0) is 13.3. The monoisotopic (exact) mass is 264 g/mol. The van der Waals surface area contributed by atoms with Crippen LogP contribution in [0, 0.1) is 23.2 Å². The maximum Gasteiger partial charge on any atom is 0.221 e. The molecule has 0 aliphatic heterocycles.